The van der Waals surface area contributed by atoms with Gasteiger partial charge in [0, 0.05) is 5.39 Å². The van der Waals surface area contributed by atoms with Crippen LogP contribution in [-0.4, -0.2) is 14.9 Å². The van der Waals surface area contributed by atoms with Gasteiger partial charge in [0.1, 0.15) is 0 Å². The van der Waals surface area contributed by atoms with Crippen LogP contribution >= 0.6 is 0 Å². The Morgan fingerprint density at radius 1 is 1.05 bits per heavy atom. The van der Waals surface area contributed by atoms with Crippen molar-refractivity contribution in [2.75, 3.05) is 0 Å². The fourth-order valence-electron chi connectivity index (χ4n) is 2.38. The normalized spacial score (nSPS) is 12.0. The summed E-state index contributed by atoms with van der Waals surface area (Å²) in [4.78, 5) is 0. The number of hydrogen-bond acceptors (Lipinski definition) is 2. The highest BCUT2D eigenvalue weighted by atomic mass is 19.4. The summed E-state index contributed by atoms with van der Waals surface area (Å²) in [6.45, 7) is 0.195. The first-order valence-electron chi connectivity index (χ1n) is 6.69. The van der Waals surface area contributed by atoms with Gasteiger partial charge in [-0.2, -0.15) is 18.3 Å². The molecule has 0 atom stereocenters. The molecule has 3 nitrogen and oxygen atoms in total. The van der Waals surface area contributed by atoms with Gasteiger partial charge in [0.05, 0.1) is 30.4 Å². The van der Waals surface area contributed by atoms with E-state index in [2.05, 4.69) is 5.10 Å². The van der Waals surface area contributed by atoms with E-state index in [1.54, 1.807) is 23.0 Å². The molecular weight excluding hydrogens is 293 g/mol. The number of aliphatic hydroxyl groups is 1. The smallest absolute Gasteiger partial charge is 0.392 e. The largest absolute Gasteiger partial charge is 0.416 e. The molecular formula is C16H13F3N2O. The Hall–Kier alpha value is -2.34. The van der Waals surface area contributed by atoms with Gasteiger partial charge in [-0.15, -0.1) is 0 Å². The lowest BCUT2D eigenvalue weighted by Gasteiger charge is -2.09. The van der Waals surface area contributed by atoms with Gasteiger partial charge < -0.3 is 5.11 Å². The third kappa shape index (κ3) is 2.82. The predicted octanol–water partition coefficient (Wildman–Crippen LogP) is 3.60. The van der Waals surface area contributed by atoms with Gasteiger partial charge in [-0.05, 0) is 35.4 Å². The first-order chi connectivity index (χ1) is 10.5. The van der Waals surface area contributed by atoms with Gasteiger partial charge in [-0.1, -0.05) is 18.2 Å². The zero-order chi connectivity index (χ0) is 15.7. The fraction of sp³-hybridized carbons (Fsp3) is 0.188. The quantitative estimate of drug-likeness (QED) is 0.803. The third-order valence-corrected chi connectivity index (χ3v) is 3.48. The predicted molar refractivity (Wildman–Crippen MR) is 76.2 cm³/mol. The van der Waals surface area contributed by atoms with Gasteiger partial charge in [0.15, 0.2) is 0 Å². The van der Waals surface area contributed by atoms with E-state index >= 15 is 0 Å². The van der Waals surface area contributed by atoms with Crippen LogP contribution in [0.5, 0.6) is 0 Å². The standard InChI is InChI=1S/C16H13F3N2O/c17-16(18,19)14-3-1-2-11(7-14)9-21-15-5-4-12(10-22)6-13(15)8-20-21/h1-8,22H,9-10H2. The van der Waals surface area contributed by atoms with Crippen molar-refractivity contribution >= 4 is 10.9 Å². The van der Waals surface area contributed by atoms with E-state index in [9.17, 15) is 13.2 Å². The van der Waals surface area contributed by atoms with Crippen LogP contribution in [-0.2, 0) is 19.3 Å². The SMILES string of the molecule is OCc1ccc2c(cnn2Cc2cccc(C(F)(F)F)c2)c1. The van der Waals surface area contributed by atoms with Crippen LogP contribution in [0.15, 0.2) is 48.7 Å². The number of halogens is 3. The van der Waals surface area contributed by atoms with Crippen molar-refractivity contribution in [2.45, 2.75) is 19.3 Å². The van der Waals surface area contributed by atoms with E-state index in [1.807, 2.05) is 12.1 Å². The highest BCUT2D eigenvalue weighted by Crippen LogP contribution is 2.29. The molecule has 3 rings (SSSR count). The molecule has 1 heterocycles. The topological polar surface area (TPSA) is 38.1 Å². The van der Waals surface area contributed by atoms with Crippen molar-refractivity contribution < 1.29 is 18.3 Å². The molecule has 1 N–H and O–H groups in total. The number of rotatable bonds is 3. The molecule has 22 heavy (non-hydrogen) atoms. The van der Waals surface area contributed by atoms with Crippen molar-refractivity contribution in [3.8, 4) is 0 Å². The highest BCUT2D eigenvalue weighted by molar-refractivity contribution is 5.79. The minimum atomic E-state index is -4.35. The lowest BCUT2D eigenvalue weighted by molar-refractivity contribution is -0.137. The molecule has 0 unspecified atom stereocenters. The molecule has 6 heteroatoms. The van der Waals surface area contributed by atoms with Crippen LogP contribution in [0.4, 0.5) is 13.2 Å². The number of alkyl halides is 3. The summed E-state index contributed by atoms with van der Waals surface area (Å²) < 4.78 is 39.9. The van der Waals surface area contributed by atoms with Crippen molar-refractivity contribution in [1.82, 2.24) is 9.78 Å². The van der Waals surface area contributed by atoms with Crippen LogP contribution < -0.4 is 0 Å². The number of hydrogen-bond donors (Lipinski definition) is 1. The van der Waals surface area contributed by atoms with E-state index in [0.717, 1.165) is 28.6 Å². The number of benzene rings is 2. The number of nitrogens with zero attached hydrogens (tertiary/aromatic N) is 2. The summed E-state index contributed by atoms with van der Waals surface area (Å²) >= 11 is 0. The molecule has 0 fully saturated rings. The van der Waals surface area contributed by atoms with E-state index < -0.39 is 11.7 Å². The zero-order valence-corrected chi connectivity index (χ0v) is 11.5. The Bertz CT molecular complexity index is 809. The van der Waals surface area contributed by atoms with Gasteiger partial charge in [0.2, 0.25) is 0 Å². The van der Waals surface area contributed by atoms with Crippen LogP contribution in [0.3, 0.4) is 0 Å². The average Bonchev–Trinajstić information content (AvgIpc) is 2.89. The first kappa shape index (κ1) is 14.6. The molecule has 2 aromatic carbocycles. The van der Waals surface area contributed by atoms with Crippen molar-refractivity contribution in [3.05, 3.63) is 65.4 Å². The molecule has 0 amide bonds. The van der Waals surface area contributed by atoms with E-state index in [0.29, 0.717) is 5.56 Å². The van der Waals surface area contributed by atoms with Gasteiger partial charge in [-0.25, -0.2) is 0 Å². The first-order valence-corrected chi connectivity index (χ1v) is 6.69. The summed E-state index contributed by atoms with van der Waals surface area (Å²) in [6.07, 6.45) is -2.71. The monoisotopic (exact) mass is 306 g/mol. The summed E-state index contributed by atoms with van der Waals surface area (Å²) in [5, 5.41) is 14.2. The Kier molecular flexibility index (Phi) is 3.62. The molecule has 0 saturated heterocycles. The molecule has 0 saturated carbocycles. The number of aliphatic hydroxyl groups excluding tert-OH is 1. The van der Waals surface area contributed by atoms with E-state index in [-0.39, 0.29) is 13.2 Å². The van der Waals surface area contributed by atoms with Crippen molar-refractivity contribution in [3.63, 3.8) is 0 Å². The molecule has 3 aromatic rings. The van der Waals surface area contributed by atoms with Crippen molar-refractivity contribution in [2.24, 2.45) is 0 Å². The van der Waals surface area contributed by atoms with Crippen LogP contribution in [0.2, 0.25) is 0 Å². The maximum Gasteiger partial charge on any atom is 0.416 e. The van der Waals surface area contributed by atoms with Gasteiger partial charge in [-0.3, -0.25) is 4.68 Å². The summed E-state index contributed by atoms with van der Waals surface area (Å²) in [5.41, 5.74) is 1.45. The zero-order valence-electron chi connectivity index (χ0n) is 11.5. The van der Waals surface area contributed by atoms with Crippen LogP contribution in [0.25, 0.3) is 10.9 Å². The summed E-state index contributed by atoms with van der Waals surface area (Å²) in [7, 11) is 0. The number of aromatic nitrogens is 2. The minimum Gasteiger partial charge on any atom is -0.392 e. The molecule has 0 radical (unpaired) electrons. The molecule has 0 aliphatic rings. The molecule has 0 spiro atoms. The Morgan fingerprint density at radius 2 is 1.86 bits per heavy atom. The fourth-order valence-corrected chi connectivity index (χ4v) is 2.38. The minimum absolute atomic E-state index is 0.0608. The highest BCUT2D eigenvalue weighted by Gasteiger charge is 2.30. The maximum atomic E-state index is 12.7. The second-order valence-corrected chi connectivity index (χ2v) is 5.05. The molecule has 1 aromatic heterocycles. The van der Waals surface area contributed by atoms with Crippen molar-refractivity contribution in [1.29, 1.82) is 0 Å². The Balaban J connectivity index is 1.93. The van der Waals surface area contributed by atoms with E-state index in [1.165, 1.54) is 6.07 Å². The number of fused-ring (bicyclic) bond motifs is 1. The molecule has 114 valence electrons. The lowest BCUT2D eigenvalue weighted by Crippen LogP contribution is -2.07. The van der Waals surface area contributed by atoms with Gasteiger partial charge >= 0.3 is 6.18 Å². The second-order valence-electron chi connectivity index (χ2n) is 5.05. The maximum absolute atomic E-state index is 12.7. The molecule has 0 bridgehead atoms. The molecule has 0 aliphatic heterocycles. The Labute approximate surface area is 124 Å². The van der Waals surface area contributed by atoms with E-state index in [4.69, 9.17) is 5.11 Å². The summed E-state index contributed by atoms with van der Waals surface area (Å²) in [6, 6.07) is 10.6. The lowest BCUT2D eigenvalue weighted by atomic mass is 10.1. The average molecular weight is 306 g/mol. The molecule has 0 aliphatic carbocycles. The van der Waals surface area contributed by atoms with Crippen LogP contribution in [0, 0.1) is 0 Å². The Morgan fingerprint density at radius 3 is 2.59 bits per heavy atom. The van der Waals surface area contributed by atoms with Crippen LogP contribution in [0.1, 0.15) is 16.7 Å². The van der Waals surface area contributed by atoms with Gasteiger partial charge in [0.25, 0.3) is 0 Å². The third-order valence-electron chi connectivity index (χ3n) is 3.48. The summed E-state index contributed by atoms with van der Waals surface area (Å²) in [5.74, 6) is 0. The second kappa shape index (κ2) is 5.46.